The number of aromatic nitrogens is 2. The Bertz CT molecular complexity index is 650. The first-order valence-electron chi connectivity index (χ1n) is 5.98. The fourth-order valence-corrected chi connectivity index (χ4v) is 1.65. The van der Waals surface area contributed by atoms with Crippen molar-refractivity contribution in [1.82, 2.24) is 9.78 Å². The SMILES string of the molecule is CC(C(=O)Nc1ccccc1N)n1cc(C(N)=O)cn1. The number of carbonyl (C=O) groups excluding carboxylic acids is 2. The Morgan fingerprint density at radius 3 is 2.65 bits per heavy atom. The molecule has 0 spiro atoms. The number of primary amides is 1. The molecule has 7 nitrogen and oxygen atoms in total. The lowest BCUT2D eigenvalue weighted by atomic mass is 10.2. The third kappa shape index (κ3) is 2.77. The molecule has 0 radical (unpaired) electrons. The average molecular weight is 273 g/mol. The molecule has 7 heteroatoms. The van der Waals surface area contributed by atoms with Crippen LogP contribution in [0.5, 0.6) is 0 Å². The van der Waals surface area contributed by atoms with Gasteiger partial charge in [0.25, 0.3) is 5.91 Å². The van der Waals surface area contributed by atoms with Gasteiger partial charge in [-0.1, -0.05) is 12.1 Å². The van der Waals surface area contributed by atoms with Crippen LogP contribution in [0.3, 0.4) is 0 Å². The first-order valence-corrected chi connectivity index (χ1v) is 5.98. The number of anilines is 2. The van der Waals surface area contributed by atoms with Crippen LogP contribution >= 0.6 is 0 Å². The van der Waals surface area contributed by atoms with E-state index in [1.54, 1.807) is 31.2 Å². The van der Waals surface area contributed by atoms with Crippen LogP contribution in [-0.2, 0) is 4.79 Å². The van der Waals surface area contributed by atoms with Crippen LogP contribution in [0.2, 0.25) is 0 Å². The van der Waals surface area contributed by atoms with E-state index < -0.39 is 11.9 Å². The van der Waals surface area contributed by atoms with Gasteiger partial charge in [0, 0.05) is 6.20 Å². The summed E-state index contributed by atoms with van der Waals surface area (Å²) in [7, 11) is 0. The molecule has 0 bridgehead atoms. The molecule has 0 saturated carbocycles. The van der Waals surface area contributed by atoms with Crippen molar-refractivity contribution >= 4 is 23.2 Å². The minimum absolute atomic E-state index is 0.254. The largest absolute Gasteiger partial charge is 0.397 e. The average Bonchev–Trinajstić information content (AvgIpc) is 2.90. The molecule has 0 fully saturated rings. The second-order valence-electron chi connectivity index (χ2n) is 4.33. The van der Waals surface area contributed by atoms with Crippen molar-refractivity contribution in [3.8, 4) is 0 Å². The number of nitrogens with two attached hydrogens (primary N) is 2. The highest BCUT2D eigenvalue weighted by Gasteiger charge is 2.17. The third-order valence-corrected chi connectivity index (χ3v) is 2.88. The maximum Gasteiger partial charge on any atom is 0.251 e. The van der Waals surface area contributed by atoms with Crippen molar-refractivity contribution in [1.29, 1.82) is 0 Å². The zero-order valence-electron chi connectivity index (χ0n) is 10.9. The molecule has 1 heterocycles. The normalized spacial score (nSPS) is 11.8. The molecule has 1 aromatic carbocycles. The summed E-state index contributed by atoms with van der Waals surface area (Å²) < 4.78 is 1.37. The number of nitrogens with one attached hydrogen (secondary N) is 1. The number of hydrogen-bond donors (Lipinski definition) is 3. The van der Waals surface area contributed by atoms with Gasteiger partial charge in [-0.15, -0.1) is 0 Å². The van der Waals surface area contributed by atoms with E-state index in [2.05, 4.69) is 10.4 Å². The van der Waals surface area contributed by atoms with Gasteiger partial charge in [0.1, 0.15) is 6.04 Å². The number of amides is 2. The van der Waals surface area contributed by atoms with E-state index in [0.29, 0.717) is 11.4 Å². The van der Waals surface area contributed by atoms with Gasteiger partial charge < -0.3 is 16.8 Å². The predicted molar refractivity (Wildman–Crippen MR) is 74.9 cm³/mol. The summed E-state index contributed by atoms with van der Waals surface area (Å²) in [6, 6.07) is 6.36. The lowest BCUT2D eigenvalue weighted by Crippen LogP contribution is -2.24. The van der Waals surface area contributed by atoms with Gasteiger partial charge in [0.2, 0.25) is 5.91 Å². The van der Waals surface area contributed by atoms with Crippen LogP contribution in [0.25, 0.3) is 0 Å². The summed E-state index contributed by atoms with van der Waals surface area (Å²) in [5.41, 5.74) is 12.2. The summed E-state index contributed by atoms with van der Waals surface area (Å²) in [6.07, 6.45) is 2.75. The highest BCUT2D eigenvalue weighted by molar-refractivity contribution is 5.96. The van der Waals surface area contributed by atoms with E-state index in [4.69, 9.17) is 11.5 Å². The Hall–Kier alpha value is -2.83. The highest BCUT2D eigenvalue weighted by atomic mass is 16.2. The molecule has 0 aliphatic heterocycles. The molecular weight excluding hydrogens is 258 g/mol. The molecule has 104 valence electrons. The van der Waals surface area contributed by atoms with E-state index in [9.17, 15) is 9.59 Å². The summed E-state index contributed by atoms with van der Waals surface area (Å²) in [5.74, 6) is -0.877. The Morgan fingerprint density at radius 2 is 2.05 bits per heavy atom. The number of benzene rings is 1. The van der Waals surface area contributed by atoms with Crippen LogP contribution in [-0.4, -0.2) is 21.6 Å². The molecule has 1 unspecified atom stereocenters. The van der Waals surface area contributed by atoms with E-state index in [1.165, 1.54) is 17.1 Å². The van der Waals surface area contributed by atoms with Crippen LogP contribution in [0.1, 0.15) is 23.3 Å². The van der Waals surface area contributed by atoms with Crippen molar-refractivity contribution in [3.05, 3.63) is 42.2 Å². The van der Waals surface area contributed by atoms with Crippen molar-refractivity contribution in [2.45, 2.75) is 13.0 Å². The minimum atomic E-state index is -0.595. The Kier molecular flexibility index (Phi) is 3.69. The van der Waals surface area contributed by atoms with Crippen molar-refractivity contribution < 1.29 is 9.59 Å². The van der Waals surface area contributed by atoms with Gasteiger partial charge in [-0.2, -0.15) is 5.10 Å². The number of carbonyl (C=O) groups is 2. The Balaban J connectivity index is 2.12. The van der Waals surface area contributed by atoms with Crippen LogP contribution < -0.4 is 16.8 Å². The topological polar surface area (TPSA) is 116 Å². The molecular formula is C13H15N5O2. The van der Waals surface area contributed by atoms with E-state index >= 15 is 0 Å². The molecule has 2 rings (SSSR count). The smallest absolute Gasteiger partial charge is 0.251 e. The third-order valence-electron chi connectivity index (χ3n) is 2.88. The molecule has 0 aliphatic carbocycles. The highest BCUT2D eigenvalue weighted by Crippen LogP contribution is 2.18. The fraction of sp³-hybridized carbons (Fsp3) is 0.154. The summed E-state index contributed by atoms with van der Waals surface area (Å²) in [4.78, 5) is 23.1. The second kappa shape index (κ2) is 5.43. The van der Waals surface area contributed by atoms with Crippen LogP contribution in [0.4, 0.5) is 11.4 Å². The summed E-state index contributed by atoms with van der Waals surface area (Å²) >= 11 is 0. The number of rotatable bonds is 4. The first-order chi connectivity index (χ1) is 9.49. The predicted octanol–water partition coefficient (Wildman–Crippen LogP) is 0.764. The van der Waals surface area contributed by atoms with Crippen molar-refractivity contribution in [2.24, 2.45) is 5.73 Å². The van der Waals surface area contributed by atoms with Crippen molar-refractivity contribution in [2.75, 3.05) is 11.1 Å². The van der Waals surface area contributed by atoms with Gasteiger partial charge in [-0.3, -0.25) is 14.3 Å². The number of hydrogen-bond acceptors (Lipinski definition) is 4. The van der Waals surface area contributed by atoms with E-state index in [1.807, 2.05) is 0 Å². The molecule has 1 aromatic heterocycles. The van der Waals surface area contributed by atoms with Gasteiger partial charge in [-0.25, -0.2) is 0 Å². The Morgan fingerprint density at radius 1 is 1.35 bits per heavy atom. The molecule has 20 heavy (non-hydrogen) atoms. The maximum atomic E-state index is 12.1. The molecule has 0 aliphatic rings. The van der Waals surface area contributed by atoms with Gasteiger partial charge in [0.15, 0.2) is 0 Å². The molecule has 2 amide bonds. The van der Waals surface area contributed by atoms with Crippen LogP contribution in [0, 0.1) is 0 Å². The second-order valence-corrected chi connectivity index (χ2v) is 4.33. The van der Waals surface area contributed by atoms with Gasteiger partial charge >= 0.3 is 0 Å². The van der Waals surface area contributed by atoms with E-state index in [0.717, 1.165) is 0 Å². The van der Waals surface area contributed by atoms with Gasteiger partial charge in [-0.05, 0) is 19.1 Å². The van der Waals surface area contributed by atoms with Crippen molar-refractivity contribution in [3.63, 3.8) is 0 Å². The lowest BCUT2D eigenvalue weighted by molar-refractivity contribution is -0.119. The fourth-order valence-electron chi connectivity index (χ4n) is 1.65. The zero-order valence-corrected chi connectivity index (χ0v) is 10.9. The molecule has 1 atom stereocenters. The van der Waals surface area contributed by atoms with Crippen LogP contribution in [0.15, 0.2) is 36.7 Å². The minimum Gasteiger partial charge on any atom is -0.397 e. The summed E-state index contributed by atoms with van der Waals surface area (Å²) in [5, 5.41) is 6.65. The molecule has 0 saturated heterocycles. The molecule has 5 N–H and O–H groups in total. The summed E-state index contributed by atoms with van der Waals surface area (Å²) in [6.45, 7) is 1.66. The number of para-hydroxylation sites is 2. The number of nitrogen functional groups attached to an aromatic ring is 1. The standard InChI is InChI=1S/C13H15N5O2/c1-8(18-7-9(6-16-18)12(15)19)13(20)17-11-5-3-2-4-10(11)14/h2-8H,14H2,1H3,(H2,15,19)(H,17,20). The maximum absolute atomic E-state index is 12.1. The number of nitrogens with zero attached hydrogens (tertiary/aromatic N) is 2. The van der Waals surface area contributed by atoms with Gasteiger partial charge in [0.05, 0.1) is 23.1 Å². The quantitative estimate of drug-likeness (QED) is 0.713. The van der Waals surface area contributed by atoms with E-state index in [-0.39, 0.29) is 11.5 Å². The Labute approximate surface area is 115 Å². The first kappa shape index (κ1) is 13.6. The lowest BCUT2D eigenvalue weighted by Gasteiger charge is -2.13. The molecule has 2 aromatic rings. The zero-order chi connectivity index (χ0) is 14.7. The monoisotopic (exact) mass is 273 g/mol.